The lowest BCUT2D eigenvalue weighted by molar-refractivity contribution is 0.0790. The van der Waals surface area contributed by atoms with E-state index in [0.29, 0.717) is 21.5 Å². The third-order valence-electron chi connectivity index (χ3n) is 6.01. The van der Waals surface area contributed by atoms with Gasteiger partial charge in [-0.05, 0) is 34.7 Å². The molecule has 1 aliphatic rings. The first-order chi connectivity index (χ1) is 12.4. The predicted octanol–water partition coefficient (Wildman–Crippen LogP) is 5.40. The topological polar surface area (TPSA) is 55.9 Å². The van der Waals surface area contributed by atoms with Gasteiger partial charge in [0.2, 0.25) is 23.1 Å². The molecule has 0 aliphatic carbocycles. The first-order valence-electron chi connectivity index (χ1n) is 10.0. The van der Waals surface area contributed by atoms with Gasteiger partial charge in [-0.15, -0.1) is 0 Å². The average molecular weight is 413 g/mol. The Kier molecular flexibility index (Phi) is 6.67. The molecule has 1 aromatic carbocycles. The Labute approximate surface area is 166 Å². The molecule has 1 heterocycles. The van der Waals surface area contributed by atoms with Crippen molar-refractivity contribution in [2.24, 2.45) is 5.92 Å². The predicted molar refractivity (Wildman–Crippen MR) is 113 cm³/mol. The Morgan fingerprint density at radius 3 is 1.70 bits per heavy atom. The maximum atomic E-state index is 13.5. The maximum absolute atomic E-state index is 13.5. The molecule has 2 rings (SSSR count). The van der Waals surface area contributed by atoms with Gasteiger partial charge in [-0.3, -0.25) is 0 Å². The van der Waals surface area contributed by atoms with E-state index in [4.69, 9.17) is 9.16 Å². The van der Waals surface area contributed by atoms with Crippen molar-refractivity contribution in [3.63, 3.8) is 0 Å². The summed E-state index contributed by atoms with van der Waals surface area (Å²) in [6.45, 7) is 17.6. The molecule has 0 N–H and O–H groups in total. The molecule has 1 saturated heterocycles. The Balaban J connectivity index is 2.52. The molecular formula is C21H36O4SSi. The van der Waals surface area contributed by atoms with Crippen LogP contribution < -0.4 is 0 Å². The van der Waals surface area contributed by atoms with Crippen LogP contribution in [0.3, 0.4) is 0 Å². The van der Waals surface area contributed by atoms with Gasteiger partial charge < -0.3 is 9.16 Å². The van der Waals surface area contributed by atoms with Gasteiger partial charge in [0.25, 0.3) is 0 Å². The summed E-state index contributed by atoms with van der Waals surface area (Å²) in [5.41, 5.74) is 1.15. The molecule has 0 saturated carbocycles. The fraction of sp³-hybridized carbons (Fsp3) is 0.714. The van der Waals surface area contributed by atoms with Crippen molar-refractivity contribution in [2.75, 3.05) is 6.61 Å². The van der Waals surface area contributed by atoms with Gasteiger partial charge in [-0.2, -0.15) is 0 Å². The summed E-state index contributed by atoms with van der Waals surface area (Å²) in [6, 6.07) is 8.62. The van der Waals surface area contributed by atoms with Crippen LogP contribution in [0.2, 0.25) is 16.6 Å². The number of sulfone groups is 1. The monoisotopic (exact) mass is 412 g/mol. The van der Waals surface area contributed by atoms with Crippen molar-refractivity contribution in [1.29, 1.82) is 0 Å². The smallest absolute Gasteiger partial charge is 0.221 e. The maximum Gasteiger partial charge on any atom is 0.221 e. The number of hydrogen-bond donors (Lipinski definition) is 0. The second kappa shape index (κ2) is 7.97. The van der Waals surface area contributed by atoms with Gasteiger partial charge in [-0.25, -0.2) is 8.42 Å². The van der Waals surface area contributed by atoms with Gasteiger partial charge in [0.1, 0.15) is 0 Å². The summed E-state index contributed by atoms with van der Waals surface area (Å²) in [5, 5.41) is 0. The third-order valence-corrected chi connectivity index (χ3v) is 14.4. The van der Waals surface area contributed by atoms with Crippen LogP contribution >= 0.6 is 0 Å². The van der Waals surface area contributed by atoms with E-state index in [2.05, 4.69) is 41.5 Å². The minimum absolute atomic E-state index is 0.0362. The lowest BCUT2D eigenvalue weighted by Crippen LogP contribution is -2.56. The Hall–Kier alpha value is -0.693. The van der Waals surface area contributed by atoms with Crippen LogP contribution in [-0.2, 0) is 19.0 Å². The van der Waals surface area contributed by atoms with E-state index in [1.54, 1.807) is 24.3 Å². The standard InChI is InChI=1S/C21H36O4SSi/c1-15(2)20(25-27(16(3)4,17(5)6)18(7)8)21(14-24-21)26(22,23)19-12-10-9-11-13-19/h9-13,15-18,20H,14H2,1-8H3/t20-,21+/m0/s1. The van der Waals surface area contributed by atoms with Crippen LogP contribution in [0.1, 0.15) is 55.4 Å². The SMILES string of the molecule is CC(C)[C@H](O[Si](C(C)C)(C(C)C)C(C)C)[C@]1(S(=O)(=O)c2ccccc2)CO1. The number of hydrogen-bond acceptors (Lipinski definition) is 4. The summed E-state index contributed by atoms with van der Waals surface area (Å²) >= 11 is 0. The zero-order valence-electron chi connectivity index (χ0n) is 18.0. The molecule has 154 valence electrons. The van der Waals surface area contributed by atoms with Crippen LogP contribution in [0.25, 0.3) is 0 Å². The van der Waals surface area contributed by atoms with Crippen molar-refractivity contribution >= 4 is 18.2 Å². The molecule has 1 fully saturated rings. The summed E-state index contributed by atoms with van der Waals surface area (Å²) < 4.78 is 39.6. The quantitative estimate of drug-likeness (QED) is 0.402. The molecule has 1 aromatic rings. The van der Waals surface area contributed by atoms with Crippen molar-refractivity contribution in [1.82, 2.24) is 0 Å². The summed E-state index contributed by atoms with van der Waals surface area (Å²) in [6.07, 6.45) is -0.471. The van der Waals surface area contributed by atoms with Crippen LogP contribution in [0.15, 0.2) is 35.2 Å². The van der Waals surface area contributed by atoms with Gasteiger partial charge in [0.15, 0.2) is 0 Å². The van der Waals surface area contributed by atoms with Crippen molar-refractivity contribution in [2.45, 2.75) is 87.9 Å². The zero-order valence-corrected chi connectivity index (χ0v) is 19.8. The summed E-state index contributed by atoms with van der Waals surface area (Å²) in [4.78, 5) is -0.956. The highest BCUT2D eigenvalue weighted by Crippen LogP contribution is 2.50. The molecule has 0 spiro atoms. The van der Waals surface area contributed by atoms with Gasteiger partial charge in [0.05, 0.1) is 17.6 Å². The fourth-order valence-corrected chi connectivity index (χ4v) is 12.4. The first kappa shape index (κ1) is 22.6. The van der Waals surface area contributed by atoms with E-state index in [9.17, 15) is 8.42 Å². The summed E-state index contributed by atoms with van der Waals surface area (Å²) in [5.74, 6) is 0.0362. The van der Waals surface area contributed by atoms with Crippen LogP contribution in [0, 0.1) is 5.92 Å². The van der Waals surface area contributed by atoms with Gasteiger partial charge in [0, 0.05) is 0 Å². The second-order valence-corrected chi connectivity index (χ2v) is 16.6. The lowest BCUT2D eigenvalue weighted by Gasteiger charge is -2.46. The molecule has 2 atom stereocenters. The third kappa shape index (κ3) is 3.78. The van der Waals surface area contributed by atoms with Gasteiger partial charge in [-0.1, -0.05) is 73.6 Å². The molecule has 0 aromatic heterocycles. The minimum Gasteiger partial charge on any atom is -0.409 e. The first-order valence-corrected chi connectivity index (χ1v) is 13.7. The normalized spacial score (nSPS) is 22.1. The molecule has 0 unspecified atom stereocenters. The molecule has 0 radical (unpaired) electrons. The Morgan fingerprint density at radius 2 is 1.37 bits per heavy atom. The highest BCUT2D eigenvalue weighted by atomic mass is 32.2. The van der Waals surface area contributed by atoms with Crippen molar-refractivity contribution in [3.8, 4) is 0 Å². The molecule has 0 bridgehead atoms. The molecule has 0 amide bonds. The average Bonchev–Trinajstić information content (AvgIpc) is 3.37. The second-order valence-electron chi connectivity index (χ2n) is 9.02. The molecular weight excluding hydrogens is 376 g/mol. The fourth-order valence-electron chi connectivity index (χ4n) is 4.70. The van der Waals surface area contributed by atoms with E-state index in [1.165, 1.54) is 0 Å². The molecule has 6 heteroatoms. The lowest BCUT2D eigenvalue weighted by atomic mass is 10.0. The number of ether oxygens (including phenoxy) is 1. The number of rotatable bonds is 9. The zero-order chi connectivity index (χ0) is 20.6. The number of epoxide rings is 1. The molecule has 27 heavy (non-hydrogen) atoms. The van der Waals surface area contributed by atoms with E-state index in [-0.39, 0.29) is 12.5 Å². The number of benzene rings is 1. The van der Waals surface area contributed by atoms with Crippen LogP contribution in [-0.4, -0.2) is 34.4 Å². The van der Waals surface area contributed by atoms with E-state index < -0.39 is 29.2 Å². The van der Waals surface area contributed by atoms with Crippen molar-refractivity contribution < 1.29 is 17.6 Å². The van der Waals surface area contributed by atoms with E-state index in [0.717, 1.165) is 0 Å². The highest BCUT2D eigenvalue weighted by Gasteiger charge is 2.66. The van der Waals surface area contributed by atoms with E-state index >= 15 is 0 Å². The summed E-state index contributed by atoms with van der Waals surface area (Å²) in [7, 11) is -5.89. The van der Waals surface area contributed by atoms with Crippen LogP contribution in [0.5, 0.6) is 0 Å². The molecule has 4 nitrogen and oxygen atoms in total. The molecule has 1 aliphatic heterocycles. The van der Waals surface area contributed by atoms with Crippen molar-refractivity contribution in [3.05, 3.63) is 30.3 Å². The Morgan fingerprint density at radius 1 is 0.926 bits per heavy atom. The largest absolute Gasteiger partial charge is 0.409 e. The minimum atomic E-state index is -3.65. The van der Waals surface area contributed by atoms with Crippen LogP contribution in [0.4, 0.5) is 0 Å². The highest BCUT2D eigenvalue weighted by molar-refractivity contribution is 7.93. The Bertz CT molecular complexity index is 700. The van der Waals surface area contributed by atoms with Gasteiger partial charge >= 0.3 is 0 Å². The van der Waals surface area contributed by atoms with E-state index in [1.807, 2.05) is 19.9 Å².